The number of carbonyl (C=O) groups excluding carboxylic acids is 2. The minimum atomic E-state index is -0.450. The minimum Gasteiger partial charge on any atom is -0.618 e. The Balaban J connectivity index is 2.08. The van der Waals surface area contributed by atoms with E-state index in [0.29, 0.717) is 20.3 Å². The molecular formula is C17H20N2O4S2. The molecule has 0 aliphatic rings. The van der Waals surface area contributed by atoms with E-state index >= 15 is 0 Å². The molecule has 1 amide bonds. The van der Waals surface area contributed by atoms with Gasteiger partial charge in [0.05, 0.1) is 17.9 Å². The molecule has 0 saturated heterocycles. The van der Waals surface area contributed by atoms with Crippen LogP contribution in [0.15, 0.2) is 35.5 Å². The van der Waals surface area contributed by atoms with E-state index in [0.717, 1.165) is 16.6 Å². The Hall–Kier alpha value is -2.06. The van der Waals surface area contributed by atoms with Crippen LogP contribution in [0.5, 0.6) is 0 Å². The number of anilines is 1. The maximum absolute atomic E-state index is 12.2. The molecule has 1 N–H and O–H groups in total. The average molecular weight is 380 g/mol. The van der Waals surface area contributed by atoms with E-state index < -0.39 is 5.97 Å². The van der Waals surface area contributed by atoms with Crippen LogP contribution in [0.1, 0.15) is 41.9 Å². The van der Waals surface area contributed by atoms with Gasteiger partial charge < -0.3 is 15.3 Å². The summed E-state index contributed by atoms with van der Waals surface area (Å²) in [5, 5.41) is 15.3. The molecule has 2 aromatic rings. The lowest BCUT2D eigenvalue weighted by atomic mass is 10.1. The van der Waals surface area contributed by atoms with Gasteiger partial charge in [-0.25, -0.2) is 4.79 Å². The van der Waals surface area contributed by atoms with Gasteiger partial charge in [-0.3, -0.25) is 4.79 Å². The van der Waals surface area contributed by atoms with Gasteiger partial charge in [-0.15, -0.1) is 11.3 Å². The highest BCUT2D eigenvalue weighted by molar-refractivity contribution is 7.99. The number of pyridine rings is 1. The Morgan fingerprint density at radius 2 is 2.16 bits per heavy atom. The highest BCUT2D eigenvalue weighted by Crippen LogP contribution is 2.33. The summed E-state index contributed by atoms with van der Waals surface area (Å²) in [4.78, 5) is 25.3. The second kappa shape index (κ2) is 8.87. The van der Waals surface area contributed by atoms with Gasteiger partial charge in [-0.2, -0.15) is 4.73 Å². The van der Waals surface area contributed by atoms with Crippen molar-refractivity contribution in [3.63, 3.8) is 0 Å². The first-order chi connectivity index (χ1) is 11.9. The summed E-state index contributed by atoms with van der Waals surface area (Å²) in [5.41, 5.74) is 0.368. The van der Waals surface area contributed by atoms with Crippen LogP contribution in [0.2, 0.25) is 0 Å². The van der Waals surface area contributed by atoms with Crippen molar-refractivity contribution in [2.24, 2.45) is 0 Å². The van der Waals surface area contributed by atoms with Gasteiger partial charge in [0.15, 0.2) is 6.20 Å². The van der Waals surface area contributed by atoms with Crippen LogP contribution >= 0.6 is 23.1 Å². The van der Waals surface area contributed by atoms with Gasteiger partial charge >= 0.3 is 5.97 Å². The van der Waals surface area contributed by atoms with Crippen molar-refractivity contribution in [1.29, 1.82) is 0 Å². The zero-order valence-corrected chi connectivity index (χ0v) is 15.9. The Morgan fingerprint density at radius 1 is 1.40 bits per heavy atom. The maximum atomic E-state index is 12.2. The summed E-state index contributed by atoms with van der Waals surface area (Å²) < 4.78 is 5.77. The number of nitrogens with one attached hydrogen (secondary N) is 1. The highest BCUT2D eigenvalue weighted by atomic mass is 32.2. The lowest BCUT2D eigenvalue weighted by Gasteiger charge is -2.06. The van der Waals surface area contributed by atoms with Crippen molar-refractivity contribution in [2.45, 2.75) is 31.7 Å². The summed E-state index contributed by atoms with van der Waals surface area (Å²) in [6, 6.07) is 6.78. The number of ether oxygens (including phenoxy) is 1. The van der Waals surface area contributed by atoms with Gasteiger partial charge in [-0.1, -0.05) is 13.8 Å². The second-order valence-corrected chi connectivity index (χ2v) is 7.55. The maximum Gasteiger partial charge on any atom is 0.341 e. The molecule has 6 nitrogen and oxygen atoms in total. The minimum absolute atomic E-state index is 0.0728. The molecule has 0 unspecified atom stereocenters. The smallest absolute Gasteiger partial charge is 0.341 e. The average Bonchev–Trinajstić information content (AvgIpc) is 2.98. The monoisotopic (exact) mass is 380 g/mol. The van der Waals surface area contributed by atoms with Gasteiger partial charge in [0, 0.05) is 17.0 Å². The topological polar surface area (TPSA) is 82.3 Å². The number of aromatic nitrogens is 1. The third-order valence-corrected chi connectivity index (χ3v) is 5.58. The summed E-state index contributed by atoms with van der Waals surface area (Å²) in [6.45, 7) is 6.04. The zero-order valence-electron chi connectivity index (χ0n) is 14.3. The fraction of sp³-hybridized carbons (Fsp3) is 0.353. The summed E-state index contributed by atoms with van der Waals surface area (Å²) in [5.74, 6) is -0.420. The molecule has 0 aliphatic carbocycles. The highest BCUT2D eigenvalue weighted by Gasteiger charge is 2.20. The molecule has 0 spiro atoms. The van der Waals surface area contributed by atoms with Crippen molar-refractivity contribution >= 4 is 40.0 Å². The number of esters is 1. The Labute approximate surface area is 154 Å². The number of thioether (sulfide) groups is 1. The van der Waals surface area contributed by atoms with Crippen LogP contribution in [-0.2, 0) is 9.53 Å². The number of nitrogens with zero attached hydrogens (tertiary/aromatic N) is 1. The Morgan fingerprint density at radius 3 is 2.80 bits per heavy atom. The fourth-order valence-electron chi connectivity index (χ4n) is 1.97. The van der Waals surface area contributed by atoms with Crippen molar-refractivity contribution < 1.29 is 19.1 Å². The number of carbonyl (C=O) groups is 2. The molecule has 134 valence electrons. The third kappa shape index (κ3) is 5.20. The standard InChI is InChI=1S/C17H20N2O4S2/c1-4-23-17(21)12-9-13(11(2)3)25-16(12)18-14(20)10-24-15-7-5-6-8-19(15)22/h5-9,11H,4,10H2,1-3H3,(H,18,20). The lowest BCUT2D eigenvalue weighted by Crippen LogP contribution is -2.28. The van der Waals surface area contributed by atoms with Crippen LogP contribution in [0, 0.1) is 5.21 Å². The van der Waals surface area contributed by atoms with Crippen LogP contribution in [0.25, 0.3) is 0 Å². The van der Waals surface area contributed by atoms with E-state index in [1.165, 1.54) is 17.5 Å². The Kier molecular flexibility index (Phi) is 6.83. The summed E-state index contributed by atoms with van der Waals surface area (Å²) in [6.07, 6.45) is 1.38. The number of hydrogen-bond donors (Lipinski definition) is 1. The van der Waals surface area contributed by atoms with Crippen molar-refractivity contribution in [2.75, 3.05) is 17.7 Å². The first-order valence-corrected chi connectivity index (χ1v) is 9.64. The number of rotatable bonds is 7. The van der Waals surface area contributed by atoms with E-state index in [-0.39, 0.29) is 24.2 Å². The summed E-state index contributed by atoms with van der Waals surface area (Å²) >= 11 is 2.50. The van der Waals surface area contributed by atoms with Crippen LogP contribution in [-0.4, -0.2) is 24.2 Å². The Bertz CT molecular complexity index is 759. The first kappa shape index (κ1) is 19.3. The SMILES string of the molecule is CCOC(=O)c1cc(C(C)C)sc1NC(=O)CSc1cccc[n+]1[O-]. The van der Waals surface area contributed by atoms with Gasteiger partial charge in [0.2, 0.25) is 5.91 Å². The summed E-state index contributed by atoms with van der Waals surface area (Å²) in [7, 11) is 0. The van der Waals surface area contributed by atoms with Gasteiger partial charge in [0.1, 0.15) is 5.00 Å². The van der Waals surface area contributed by atoms with Crippen molar-refractivity contribution in [1.82, 2.24) is 0 Å². The molecule has 25 heavy (non-hydrogen) atoms. The molecule has 0 saturated carbocycles. The number of thiophene rings is 1. The lowest BCUT2D eigenvalue weighted by molar-refractivity contribution is -0.645. The molecule has 2 heterocycles. The molecular weight excluding hydrogens is 360 g/mol. The van der Waals surface area contributed by atoms with Crippen LogP contribution in [0.4, 0.5) is 5.00 Å². The fourth-order valence-corrected chi connectivity index (χ4v) is 3.75. The molecule has 0 aliphatic heterocycles. The molecule has 0 aromatic carbocycles. The number of amides is 1. The first-order valence-electron chi connectivity index (χ1n) is 7.84. The molecule has 2 rings (SSSR count). The third-order valence-electron chi connectivity index (χ3n) is 3.21. The molecule has 0 radical (unpaired) electrons. The molecule has 8 heteroatoms. The van der Waals surface area contributed by atoms with E-state index in [1.54, 1.807) is 31.2 Å². The van der Waals surface area contributed by atoms with E-state index in [4.69, 9.17) is 4.74 Å². The second-order valence-electron chi connectivity index (χ2n) is 5.47. The molecule has 0 bridgehead atoms. The van der Waals surface area contributed by atoms with Gasteiger partial charge in [-0.05, 0) is 36.7 Å². The predicted molar refractivity (Wildman–Crippen MR) is 99.1 cm³/mol. The molecule has 2 aromatic heterocycles. The zero-order chi connectivity index (χ0) is 18.4. The van der Waals surface area contributed by atoms with Crippen molar-refractivity contribution in [3.05, 3.63) is 46.1 Å². The molecule has 0 atom stereocenters. The molecule has 0 fully saturated rings. The van der Waals surface area contributed by atoms with E-state index in [1.807, 2.05) is 13.8 Å². The van der Waals surface area contributed by atoms with Crippen molar-refractivity contribution in [3.8, 4) is 0 Å². The van der Waals surface area contributed by atoms with Crippen LogP contribution in [0.3, 0.4) is 0 Å². The quantitative estimate of drug-likeness (QED) is 0.344. The van der Waals surface area contributed by atoms with Crippen LogP contribution < -0.4 is 10.0 Å². The largest absolute Gasteiger partial charge is 0.618 e. The van der Waals surface area contributed by atoms with E-state index in [9.17, 15) is 14.8 Å². The van der Waals surface area contributed by atoms with E-state index in [2.05, 4.69) is 5.32 Å². The van der Waals surface area contributed by atoms with Gasteiger partial charge in [0.25, 0.3) is 5.03 Å². The predicted octanol–water partition coefficient (Wildman–Crippen LogP) is 3.41. The normalized spacial score (nSPS) is 10.7. The number of hydrogen-bond acceptors (Lipinski definition) is 6.